The van der Waals surface area contributed by atoms with Crippen LogP contribution in [-0.2, 0) is 9.53 Å². The number of likely N-dealkylation sites (tertiary alicyclic amines) is 1. The van der Waals surface area contributed by atoms with Gasteiger partial charge in [0.2, 0.25) is 0 Å². The summed E-state index contributed by atoms with van der Waals surface area (Å²) < 4.78 is 10.1. The fourth-order valence-corrected chi connectivity index (χ4v) is 2.86. The molecule has 1 aromatic carbocycles. The maximum absolute atomic E-state index is 12.3. The van der Waals surface area contributed by atoms with Gasteiger partial charge in [0.25, 0.3) is 5.91 Å². The number of anilines is 1. The minimum absolute atomic E-state index is 0.215. The van der Waals surface area contributed by atoms with Crippen molar-refractivity contribution in [3.05, 3.63) is 24.3 Å². The first-order valence-corrected chi connectivity index (χ1v) is 7.86. The predicted octanol–water partition coefficient (Wildman–Crippen LogP) is 1.67. The summed E-state index contributed by atoms with van der Waals surface area (Å²) in [4.78, 5) is 38.3. The molecule has 8 heteroatoms. The molecule has 3 rings (SSSR count). The van der Waals surface area contributed by atoms with Crippen LogP contribution in [0.1, 0.15) is 13.3 Å². The third-order valence-corrected chi connectivity index (χ3v) is 4.02. The number of benzene rings is 1. The first-order chi connectivity index (χ1) is 11.6. The zero-order chi connectivity index (χ0) is 17.1. The second-order valence-corrected chi connectivity index (χ2v) is 5.59. The van der Waals surface area contributed by atoms with Crippen molar-refractivity contribution in [2.24, 2.45) is 0 Å². The lowest BCUT2D eigenvalue weighted by molar-refractivity contribution is -0.127. The van der Waals surface area contributed by atoms with Crippen molar-refractivity contribution in [2.45, 2.75) is 19.4 Å². The van der Waals surface area contributed by atoms with Crippen molar-refractivity contribution in [3.8, 4) is 5.75 Å². The van der Waals surface area contributed by atoms with Gasteiger partial charge in [-0.15, -0.1) is 0 Å². The summed E-state index contributed by atoms with van der Waals surface area (Å²) in [6.45, 7) is 3.06. The van der Waals surface area contributed by atoms with Gasteiger partial charge >= 0.3 is 12.1 Å². The van der Waals surface area contributed by atoms with E-state index in [-0.39, 0.29) is 24.6 Å². The van der Waals surface area contributed by atoms with Gasteiger partial charge in [-0.2, -0.15) is 0 Å². The molecular formula is C16H19N3O5. The van der Waals surface area contributed by atoms with Crippen molar-refractivity contribution < 1.29 is 23.9 Å². The number of nitrogens with one attached hydrogen (secondary N) is 1. The molecule has 8 nitrogen and oxygen atoms in total. The number of carbonyl (C=O) groups is 3. The largest absolute Gasteiger partial charge is 0.494 e. The molecule has 2 aliphatic heterocycles. The number of rotatable bonds is 4. The van der Waals surface area contributed by atoms with E-state index in [0.717, 1.165) is 10.6 Å². The summed E-state index contributed by atoms with van der Waals surface area (Å²) in [7, 11) is 0. The molecule has 1 aromatic rings. The molecular weight excluding hydrogens is 314 g/mol. The van der Waals surface area contributed by atoms with Crippen LogP contribution in [0.5, 0.6) is 5.75 Å². The molecule has 0 aromatic heterocycles. The summed E-state index contributed by atoms with van der Waals surface area (Å²) in [6, 6.07) is 6.51. The van der Waals surface area contributed by atoms with Crippen molar-refractivity contribution in [2.75, 3.05) is 31.6 Å². The molecule has 24 heavy (non-hydrogen) atoms. The van der Waals surface area contributed by atoms with Crippen LogP contribution in [0.3, 0.4) is 0 Å². The van der Waals surface area contributed by atoms with Crippen molar-refractivity contribution in [1.82, 2.24) is 9.80 Å². The first kappa shape index (κ1) is 16.1. The molecule has 0 radical (unpaired) electrons. The Kier molecular flexibility index (Phi) is 4.54. The average Bonchev–Trinajstić information content (AvgIpc) is 3.16. The van der Waals surface area contributed by atoms with Gasteiger partial charge in [0.1, 0.15) is 5.75 Å². The number of carbonyl (C=O) groups excluding carboxylic acids is 3. The van der Waals surface area contributed by atoms with Gasteiger partial charge < -0.3 is 19.7 Å². The highest BCUT2D eigenvalue weighted by Gasteiger charge is 2.41. The lowest BCUT2D eigenvalue weighted by Gasteiger charge is -2.20. The highest BCUT2D eigenvalue weighted by molar-refractivity contribution is 5.98. The summed E-state index contributed by atoms with van der Waals surface area (Å²) >= 11 is 0. The number of hydrogen-bond donors (Lipinski definition) is 1. The molecule has 2 heterocycles. The number of hydrogen-bond acceptors (Lipinski definition) is 5. The molecule has 128 valence electrons. The number of imide groups is 1. The van der Waals surface area contributed by atoms with Gasteiger partial charge in [-0.05, 0) is 37.6 Å². The summed E-state index contributed by atoms with van der Waals surface area (Å²) in [5, 5.41) is 2.80. The van der Waals surface area contributed by atoms with Gasteiger partial charge in [-0.3, -0.25) is 4.79 Å². The SMILES string of the molecule is CCOc1ccc(NC(=O)N2CCC(N3C(=O)COC3=O)C2)cc1. The predicted molar refractivity (Wildman–Crippen MR) is 84.8 cm³/mol. The Hall–Kier alpha value is -2.77. The first-order valence-electron chi connectivity index (χ1n) is 7.86. The van der Waals surface area contributed by atoms with E-state index < -0.39 is 6.09 Å². The van der Waals surface area contributed by atoms with E-state index in [1.165, 1.54) is 0 Å². The molecule has 2 saturated heterocycles. The minimum atomic E-state index is -0.626. The summed E-state index contributed by atoms with van der Waals surface area (Å²) in [5.74, 6) is 0.390. The zero-order valence-electron chi connectivity index (χ0n) is 13.4. The number of nitrogens with zero attached hydrogens (tertiary/aromatic N) is 2. The van der Waals surface area contributed by atoms with Crippen LogP contribution in [-0.4, -0.2) is 60.2 Å². The van der Waals surface area contributed by atoms with Crippen LogP contribution in [0.2, 0.25) is 0 Å². The molecule has 2 aliphatic rings. The van der Waals surface area contributed by atoms with Gasteiger partial charge in [-0.1, -0.05) is 0 Å². The molecule has 1 N–H and O–H groups in total. The number of amides is 4. The summed E-state index contributed by atoms with van der Waals surface area (Å²) in [6.07, 6.45) is -0.0730. The molecule has 2 fully saturated rings. The number of cyclic esters (lactones) is 1. The standard InChI is InChI=1S/C16H19N3O5/c1-2-23-13-5-3-11(4-6-13)17-15(21)18-8-7-12(9-18)19-14(20)10-24-16(19)22/h3-6,12H,2,7-10H2,1H3,(H,17,21). The van der Waals surface area contributed by atoms with Crippen LogP contribution in [0.4, 0.5) is 15.3 Å². The molecule has 0 saturated carbocycles. The molecule has 0 bridgehead atoms. The fourth-order valence-electron chi connectivity index (χ4n) is 2.86. The van der Waals surface area contributed by atoms with E-state index in [1.807, 2.05) is 6.92 Å². The molecule has 0 aliphatic carbocycles. The Morgan fingerprint density at radius 1 is 1.33 bits per heavy atom. The second kappa shape index (κ2) is 6.77. The van der Waals surface area contributed by atoms with E-state index >= 15 is 0 Å². The maximum atomic E-state index is 12.3. The van der Waals surface area contributed by atoms with Crippen LogP contribution in [0, 0.1) is 0 Å². The van der Waals surface area contributed by atoms with E-state index in [4.69, 9.17) is 9.47 Å². The minimum Gasteiger partial charge on any atom is -0.494 e. The van der Waals surface area contributed by atoms with Gasteiger partial charge in [0.15, 0.2) is 6.61 Å². The topological polar surface area (TPSA) is 88.2 Å². The number of urea groups is 1. The summed E-state index contributed by atoms with van der Waals surface area (Å²) in [5.41, 5.74) is 0.656. The highest BCUT2D eigenvalue weighted by atomic mass is 16.6. The van der Waals surface area contributed by atoms with Crippen LogP contribution >= 0.6 is 0 Å². The van der Waals surface area contributed by atoms with E-state index in [0.29, 0.717) is 31.8 Å². The number of ether oxygens (including phenoxy) is 2. The van der Waals surface area contributed by atoms with Gasteiger partial charge in [-0.25, -0.2) is 14.5 Å². The Bertz CT molecular complexity index is 630. The van der Waals surface area contributed by atoms with E-state index in [1.54, 1.807) is 29.2 Å². The van der Waals surface area contributed by atoms with Crippen molar-refractivity contribution >= 4 is 23.7 Å². The van der Waals surface area contributed by atoms with Gasteiger partial charge in [0, 0.05) is 18.8 Å². The van der Waals surface area contributed by atoms with Crippen LogP contribution < -0.4 is 10.1 Å². The molecule has 1 atom stereocenters. The normalized spacial score (nSPS) is 20.3. The molecule has 1 unspecified atom stereocenters. The fraction of sp³-hybridized carbons (Fsp3) is 0.438. The Labute approximate surface area is 139 Å². The maximum Gasteiger partial charge on any atom is 0.417 e. The lowest BCUT2D eigenvalue weighted by Crippen LogP contribution is -2.42. The van der Waals surface area contributed by atoms with Crippen molar-refractivity contribution in [3.63, 3.8) is 0 Å². The van der Waals surface area contributed by atoms with Gasteiger partial charge in [0.05, 0.1) is 12.6 Å². The van der Waals surface area contributed by atoms with E-state index in [9.17, 15) is 14.4 Å². The third kappa shape index (κ3) is 3.27. The van der Waals surface area contributed by atoms with Crippen LogP contribution in [0.25, 0.3) is 0 Å². The average molecular weight is 333 g/mol. The third-order valence-electron chi connectivity index (χ3n) is 4.02. The van der Waals surface area contributed by atoms with Crippen LogP contribution in [0.15, 0.2) is 24.3 Å². The smallest absolute Gasteiger partial charge is 0.417 e. The second-order valence-electron chi connectivity index (χ2n) is 5.59. The lowest BCUT2D eigenvalue weighted by atomic mass is 10.2. The molecule has 4 amide bonds. The van der Waals surface area contributed by atoms with E-state index in [2.05, 4.69) is 5.32 Å². The zero-order valence-corrected chi connectivity index (χ0v) is 13.4. The Balaban J connectivity index is 1.56. The Morgan fingerprint density at radius 2 is 2.08 bits per heavy atom. The quantitative estimate of drug-likeness (QED) is 0.905. The highest BCUT2D eigenvalue weighted by Crippen LogP contribution is 2.21. The van der Waals surface area contributed by atoms with Crippen molar-refractivity contribution in [1.29, 1.82) is 0 Å². The monoisotopic (exact) mass is 333 g/mol. The molecule has 0 spiro atoms. The Morgan fingerprint density at radius 3 is 2.71 bits per heavy atom.